The summed E-state index contributed by atoms with van der Waals surface area (Å²) in [7, 11) is 2.22. The maximum absolute atomic E-state index is 5.85. The Morgan fingerprint density at radius 3 is 2.48 bits per heavy atom. The van der Waals surface area contributed by atoms with Gasteiger partial charge in [-0.1, -0.05) is 38.8 Å². The molecule has 0 amide bonds. The zero-order chi connectivity index (χ0) is 15.1. The number of likely N-dealkylation sites (N-methyl/N-ethyl adjacent to an activating group) is 1. The number of hydrogen-bond acceptors (Lipinski definition) is 3. The quantitative estimate of drug-likeness (QED) is 0.794. The molecule has 0 heterocycles. The van der Waals surface area contributed by atoms with Crippen molar-refractivity contribution < 1.29 is 4.74 Å². The molecule has 0 radical (unpaired) electrons. The van der Waals surface area contributed by atoms with Gasteiger partial charge >= 0.3 is 0 Å². The van der Waals surface area contributed by atoms with Crippen LogP contribution in [-0.4, -0.2) is 37.2 Å². The fourth-order valence-electron chi connectivity index (χ4n) is 2.86. The van der Waals surface area contributed by atoms with Crippen LogP contribution in [0.4, 0.5) is 0 Å². The Hall–Kier alpha value is -1.06. The van der Waals surface area contributed by atoms with Crippen molar-refractivity contribution in [3.63, 3.8) is 0 Å². The van der Waals surface area contributed by atoms with Gasteiger partial charge in [-0.05, 0) is 37.6 Å². The molecule has 0 unspecified atom stereocenters. The van der Waals surface area contributed by atoms with Crippen molar-refractivity contribution in [1.29, 1.82) is 0 Å². The topological polar surface area (TPSA) is 24.5 Å². The van der Waals surface area contributed by atoms with E-state index in [9.17, 15) is 0 Å². The molecule has 118 valence electrons. The number of nitrogens with zero attached hydrogens (tertiary/aromatic N) is 1. The number of hydrogen-bond donors (Lipinski definition) is 1. The summed E-state index contributed by atoms with van der Waals surface area (Å²) in [5.74, 6) is 0.975. The lowest BCUT2D eigenvalue weighted by Crippen LogP contribution is -2.32. The van der Waals surface area contributed by atoms with E-state index in [1.807, 2.05) is 0 Å². The summed E-state index contributed by atoms with van der Waals surface area (Å²) in [5.41, 5.74) is 1.30. The summed E-state index contributed by atoms with van der Waals surface area (Å²) >= 11 is 0. The van der Waals surface area contributed by atoms with Gasteiger partial charge in [0.2, 0.25) is 0 Å². The third-order valence-electron chi connectivity index (χ3n) is 4.30. The lowest BCUT2D eigenvalue weighted by atomic mass is 10.2. The van der Waals surface area contributed by atoms with E-state index in [0.29, 0.717) is 6.04 Å². The van der Waals surface area contributed by atoms with Gasteiger partial charge in [-0.3, -0.25) is 0 Å². The van der Waals surface area contributed by atoms with E-state index in [1.54, 1.807) is 0 Å². The smallest absolute Gasteiger partial charge is 0.119 e. The molecular weight excluding hydrogens is 260 g/mol. The molecule has 3 heteroatoms. The Morgan fingerprint density at radius 2 is 1.86 bits per heavy atom. The van der Waals surface area contributed by atoms with Crippen LogP contribution in [0.25, 0.3) is 0 Å². The SMILES string of the molecule is CC(C)NCc1ccc(OCCN(C)C2CCCC2)cc1. The zero-order valence-corrected chi connectivity index (χ0v) is 13.8. The highest BCUT2D eigenvalue weighted by molar-refractivity contribution is 5.27. The Morgan fingerprint density at radius 1 is 1.19 bits per heavy atom. The Kier molecular flexibility index (Phi) is 6.52. The van der Waals surface area contributed by atoms with Gasteiger partial charge < -0.3 is 15.0 Å². The van der Waals surface area contributed by atoms with Crippen LogP contribution in [0.3, 0.4) is 0 Å². The number of ether oxygens (including phenoxy) is 1. The minimum absolute atomic E-state index is 0.520. The van der Waals surface area contributed by atoms with E-state index in [2.05, 4.69) is 55.4 Å². The summed E-state index contributed by atoms with van der Waals surface area (Å²) < 4.78 is 5.85. The van der Waals surface area contributed by atoms with Gasteiger partial charge in [0.1, 0.15) is 12.4 Å². The van der Waals surface area contributed by atoms with Crippen molar-refractivity contribution in [2.75, 3.05) is 20.2 Å². The van der Waals surface area contributed by atoms with Crippen molar-refractivity contribution in [1.82, 2.24) is 10.2 Å². The summed E-state index contributed by atoms with van der Waals surface area (Å²) in [6.07, 6.45) is 5.49. The highest BCUT2D eigenvalue weighted by Crippen LogP contribution is 2.22. The van der Waals surface area contributed by atoms with Gasteiger partial charge in [0.25, 0.3) is 0 Å². The van der Waals surface area contributed by atoms with Crippen LogP contribution >= 0.6 is 0 Å². The molecule has 1 aromatic carbocycles. The van der Waals surface area contributed by atoms with Crippen LogP contribution in [0.2, 0.25) is 0 Å². The molecule has 1 aromatic rings. The van der Waals surface area contributed by atoms with E-state index >= 15 is 0 Å². The first kappa shape index (κ1) is 16.3. The molecule has 1 saturated carbocycles. The summed E-state index contributed by atoms with van der Waals surface area (Å²) in [6, 6.07) is 9.74. The van der Waals surface area contributed by atoms with Crippen LogP contribution in [-0.2, 0) is 6.54 Å². The molecule has 0 spiro atoms. The standard InChI is InChI=1S/C18H30N2O/c1-15(2)19-14-16-8-10-18(11-9-16)21-13-12-20(3)17-6-4-5-7-17/h8-11,15,17,19H,4-7,12-14H2,1-3H3. The van der Waals surface area contributed by atoms with Crippen LogP contribution in [0.1, 0.15) is 45.1 Å². The zero-order valence-electron chi connectivity index (χ0n) is 13.8. The minimum atomic E-state index is 0.520. The summed E-state index contributed by atoms with van der Waals surface area (Å²) in [6.45, 7) is 7.04. The lowest BCUT2D eigenvalue weighted by molar-refractivity contribution is 0.193. The van der Waals surface area contributed by atoms with Crippen molar-refractivity contribution in [2.24, 2.45) is 0 Å². The van der Waals surface area contributed by atoms with E-state index in [0.717, 1.165) is 31.5 Å². The van der Waals surface area contributed by atoms with Crippen molar-refractivity contribution in [3.05, 3.63) is 29.8 Å². The molecule has 0 saturated heterocycles. The molecule has 1 aliphatic carbocycles. The van der Waals surface area contributed by atoms with Gasteiger partial charge in [-0.15, -0.1) is 0 Å². The van der Waals surface area contributed by atoms with Gasteiger partial charge in [-0.25, -0.2) is 0 Å². The highest BCUT2D eigenvalue weighted by atomic mass is 16.5. The maximum atomic E-state index is 5.85. The van der Waals surface area contributed by atoms with Gasteiger partial charge in [0, 0.05) is 25.2 Å². The Bertz CT molecular complexity index is 396. The fraction of sp³-hybridized carbons (Fsp3) is 0.667. The Labute approximate surface area is 129 Å². The minimum Gasteiger partial charge on any atom is -0.492 e. The first-order valence-corrected chi connectivity index (χ1v) is 8.30. The van der Waals surface area contributed by atoms with Crippen molar-refractivity contribution in [2.45, 2.75) is 58.2 Å². The van der Waals surface area contributed by atoms with Crippen molar-refractivity contribution in [3.8, 4) is 5.75 Å². The summed E-state index contributed by atoms with van der Waals surface area (Å²) in [4.78, 5) is 2.45. The third-order valence-corrected chi connectivity index (χ3v) is 4.30. The third kappa shape index (κ3) is 5.68. The highest BCUT2D eigenvalue weighted by Gasteiger charge is 2.18. The second-order valence-corrected chi connectivity index (χ2v) is 6.45. The van der Waals surface area contributed by atoms with Crippen LogP contribution in [0.5, 0.6) is 5.75 Å². The van der Waals surface area contributed by atoms with Crippen LogP contribution < -0.4 is 10.1 Å². The number of benzene rings is 1. The monoisotopic (exact) mass is 290 g/mol. The maximum Gasteiger partial charge on any atom is 0.119 e. The van der Waals surface area contributed by atoms with Gasteiger partial charge in [0.15, 0.2) is 0 Å². The molecule has 0 atom stereocenters. The molecule has 0 aliphatic heterocycles. The average molecular weight is 290 g/mol. The normalized spacial score (nSPS) is 16.0. The largest absolute Gasteiger partial charge is 0.492 e. The molecule has 1 N–H and O–H groups in total. The fourth-order valence-corrected chi connectivity index (χ4v) is 2.86. The predicted octanol–water partition coefficient (Wildman–Crippen LogP) is 3.44. The lowest BCUT2D eigenvalue weighted by Gasteiger charge is -2.23. The molecule has 21 heavy (non-hydrogen) atoms. The van der Waals surface area contributed by atoms with Gasteiger partial charge in [0.05, 0.1) is 0 Å². The van der Waals surface area contributed by atoms with E-state index in [1.165, 1.54) is 31.2 Å². The molecular formula is C18H30N2O. The number of rotatable bonds is 8. The predicted molar refractivity (Wildman–Crippen MR) is 88.8 cm³/mol. The first-order chi connectivity index (χ1) is 10.1. The van der Waals surface area contributed by atoms with E-state index < -0.39 is 0 Å². The molecule has 0 aromatic heterocycles. The second kappa shape index (κ2) is 8.40. The number of nitrogens with one attached hydrogen (secondary N) is 1. The van der Waals surface area contributed by atoms with Crippen LogP contribution in [0.15, 0.2) is 24.3 Å². The van der Waals surface area contributed by atoms with Crippen LogP contribution in [0, 0.1) is 0 Å². The van der Waals surface area contributed by atoms with Crippen molar-refractivity contribution >= 4 is 0 Å². The average Bonchev–Trinajstić information content (AvgIpc) is 3.00. The van der Waals surface area contributed by atoms with E-state index in [4.69, 9.17) is 4.74 Å². The molecule has 2 rings (SSSR count). The molecule has 1 fully saturated rings. The molecule has 1 aliphatic rings. The second-order valence-electron chi connectivity index (χ2n) is 6.45. The first-order valence-electron chi connectivity index (χ1n) is 8.30. The van der Waals surface area contributed by atoms with Gasteiger partial charge in [-0.2, -0.15) is 0 Å². The molecule has 3 nitrogen and oxygen atoms in total. The molecule has 0 bridgehead atoms. The van der Waals surface area contributed by atoms with E-state index in [-0.39, 0.29) is 0 Å². The Balaban J connectivity index is 1.68. The summed E-state index contributed by atoms with van der Waals surface area (Å²) in [5, 5.41) is 3.42.